The molecular formula is C12H15NO4. The van der Waals surface area contributed by atoms with Crippen molar-refractivity contribution in [2.75, 3.05) is 0 Å². The molecule has 1 amide bonds. The fourth-order valence-corrected chi connectivity index (χ4v) is 2.17. The number of hydrogen-bond donors (Lipinski definition) is 2. The Hall–Kier alpha value is -1.78. The fourth-order valence-electron chi connectivity index (χ4n) is 2.17. The maximum absolute atomic E-state index is 11.7. The van der Waals surface area contributed by atoms with Crippen molar-refractivity contribution in [1.82, 2.24) is 5.32 Å². The van der Waals surface area contributed by atoms with E-state index in [1.165, 1.54) is 12.1 Å². The Balaban J connectivity index is 1.97. The Bertz CT molecular complexity index is 437. The molecule has 0 bridgehead atoms. The summed E-state index contributed by atoms with van der Waals surface area (Å²) < 4.78 is 4.93. The van der Waals surface area contributed by atoms with Gasteiger partial charge in [-0.2, -0.15) is 0 Å². The third-order valence-corrected chi connectivity index (χ3v) is 3.07. The zero-order valence-electron chi connectivity index (χ0n) is 9.60. The fraction of sp³-hybridized carbons (Fsp3) is 0.500. The second-order valence-corrected chi connectivity index (χ2v) is 4.56. The van der Waals surface area contributed by atoms with Crippen molar-refractivity contribution in [3.05, 3.63) is 23.7 Å². The van der Waals surface area contributed by atoms with Crippen LogP contribution in [0, 0.1) is 5.92 Å². The zero-order chi connectivity index (χ0) is 12.4. The number of hydrogen-bond acceptors (Lipinski definition) is 3. The van der Waals surface area contributed by atoms with Gasteiger partial charge in [0, 0.05) is 6.04 Å². The van der Waals surface area contributed by atoms with Crippen LogP contribution >= 0.6 is 0 Å². The van der Waals surface area contributed by atoms with Gasteiger partial charge in [0.1, 0.15) is 0 Å². The summed E-state index contributed by atoms with van der Waals surface area (Å²) in [6.45, 7) is 2.15. The normalized spacial score (nSPS) is 23.6. The molecular weight excluding hydrogens is 222 g/mol. The Labute approximate surface area is 98.8 Å². The molecule has 2 atom stereocenters. The van der Waals surface area contributed by atoms with Crippen molar-refractivity contribution in [2.45, 2.75) is 32.2 Å². The van der Waals surface area contributed by atoms with Gasteiger partial charge in [0.15, 0.2) is 5.76 Å². The average molecular weight is 237 g/mol. The molecule has 92 valence electrons. The summed E-state index contributed by atoms with van der Waals surface area (Å²) in [6.07, 6.45) is 3.06. The minimum absolute atomic E-state index is 0.0574. The van der Waals surface area contributed by atoms with Crippen LogP contribution in [0.3, 0.4) is 0 Å². The molecule has 1 saturated carbocycles. The minimum Gasteiger partial charge on any atom is -0.475 e. The highest BCUT2D eigenvalue weighted by Crippen LogP contribution is 2.24. The molecule has 1 fully saturated rings. The van der Waals surface area contributed by atoms with Crippen molar-refractivity contribution in [3.63, 3.8) is 0 Å². The minimum atomic E-state index is -1.17. The first-order chi connectivity index (χ1) is 8.06. The van der Waals surface area contributed by atoms with Gasteiger partial charge in [-0.15, -0.1) is 0 Å². The second-order valence-electron chi connectivity index (χ2n) is 4.56. The topological polar surface area (TPSA) is 79.5 Å². The molecule has 1 aromatic rings. The summed E-state index contributed by atoms with van der Waals surface area (Å²) in [7, 11) is 0. The van der Waals surface area contributed by atoms with Crippen molar-refractivity contribution >= 4 is 11.9 Å². The average Bonchev–Trinajstić information content (AvgIpc) is 2.86. The Morgan fingerprint density at radius 2 is 2.06 bits per heavy atom. The first-order valence-electron chi connectivity index (χ1n) is 5.70. The van der Waals surface area contributed by atoms with Gasteiger partial charge in [0.25, 0.3) is 5.91 Å². The van der Waals surface area contributed by atoms with E-state index in [2.05, 4.69) is 12.2 Å². The number of amides is 1. The molecule has 2 rings (SSSR count). The van der Waals surface area contributed by atoms with E-state index in [9.17, 15) is 9.59 Å². The number of rotatable bonds is 3. The van der Waals surface area contributed by atoms with Gasteiger partial charge in [-0.05, 0) is 37.3 Å². The summed E-state index contributed by atoms with van der Waals surface area (Å²) in [4.78, 5) is 22.3. The predicted octanol–water partition coefficient (Wildman–Crippen LogP) is 1.90. The van der Waals surface area contributed by atoms with E-state index in [-0.39, 0.29) is 23.5 Å². The number of aromatic carboxylic acids is 1. The molecule has 17 heavy (non-hydrogen) atoms. The lowest BCUT2D eigenvalue weighted by Crippen LogP contribution is -2.32. The van der Waals surface area contributed by atoms with Gasteiger partial charge in [0.05, 0.1) is 0 Å². The van der Waals surface area contributed by atoms with Gasteiger partial charge in [-0.25, -0.2) is 4.79 Å². The van der Waals surface area contributed by atoms with Crippen LogP contribution in [0.15, 0.2) is 16.5 Å². The van der Waals surface area contributed by atoms with Crippen LogP contribution in [0.5, 0.6) is 0 Å². The maximum atomic E-state index is 11.7. The highest BCUT2D eigenvalue weighted by atomic mass is 16.4. The van der Waals surface area contributed by atoms with Crippen LogP contribution in [0.1, 0.15) is 47.3 Å². The largest absolute Gasteiger partial charge is 0.475 e. The van der Waals surface area contributed by atoms with Gasteiger partial charge in [-0.3, -0.25) is 4.79 Å². The molecule has 5 heteroatoms. The van der Waals surface area contributed by atoms with Crippen LogP contribution in [-0.2, 0) is 0 Å². The highest BCUT2D eigenvalue weighted by Gasteiger charge is 2.24. The molecule has 1 heterocycles. The van der Waals surface area contributed by atoms with E-state index in [1.54, 1.807) is 0 Å². The van der Waals surface area contributed by atoms with Crippen molar-refractivity contribution in [2.24, 2.45) is 5.92 Å². The number of carbonyl (C=O) groups is 2. The van der Waals surface area contributed by atoms with E-state index in [1.807, 2.05) is 0 Å². The standard InChI is InChI=1S/C12H15NO4/c1-7-2-3-8(6-7)13-11(14)9-4-5-10(17-9)12(15)16/h4-5,7-8H,2-3,6H2,1H3,(H,13,14)(H,15,16). The number of carbonyl (C=O) groups excluding carboxylic acids is 1. The number of nitrogens with one attached hydrogen (secondary N) is 1. The SMILES string of the molecule is CC1CCC(NC(=O)c2ccc(C(=O)O)o2)C1. The second kappa shape index (κ2) is 4.61. The zero-order valence-corrected chi connectivity index (χ0v) is 9.60. The van der Waals surface area contributed by atoms with Crippen LogP contribution in [0.25, 0.3) is 0 Å². The molecule has 0 aromatic carbocycles. The van der Waals surface area contributed by atoms with E-state index < -0.39 is 5.97 Å². The first kappa shape index (κ1) is 11.7. The Morgan fingerprint density at radius 3 is 2.59 bits per heavy atom. The summed E-state index contributed by atoms with van der Waals surface area (Å²) in [5, 5.41) is 11.5. The molecule has 2 unspecified atom stereocenters. The van der Waals surface area contributed by atoms with Crippen molar-refractivity contribution in [3.8, 4) is 0 Å². The summed E-state index contributed by atoms with van der Waals surface area (Å²) in [5.41, 5.74) is 0. The summed E-state index contributed by atoms with van der Waals surface area (Å²) in [5.74, 6) is -1.03. The molecule has 1 aromatic heterocycles. The molecule has 0 spiro atoms. The summed E-state index contributed by atoms with van der Waals surface area (Å²) in [6, 6.07) is 2.85. The van der Waals surface area contributed by atoms with Gasteiger partial charge < -0.3 is 14.8 Å². The van der Waals surface area contributed by atoms with Crippen LogP contribution < -0.4 is 5.32 Å². The van der Waals surface area contributed by atoms with Crippen molar-refractivity contribution < 1.29 is 19.1 Å². The molecule has 0 radical (unpaired) electrons. The number of furan rings is 1. The third kappa shape index (κ3) is 2.67. The van der Waals surface area contributed by atoms with Crippen LogP contribution in [0.2, 0.25) is 0 Å². The van der Waals surface area contributed by atoms with Crippen molar-refractivity contribution in [1.29, 1.82) is 0 Å². The Morgan fingerprint density at radius 1 is 1.35 bits per heavy atom. The quantitative estimate of drug-likeness (QED) is 0.841. The summed E-state index contributed by atoms with van der Waals surface area (Å²) >= 11 is 0. The van der Waals surface area contributed by atoms with E-state index >= 15 is 0 Å². The van der Waals surface area contributed by atoms with E-state index in [0.29, 0.717) is 5.92 Å². The number of carboxylic acids is 1. The number of carboxylic acid groups (broad SMARTS) is 1. The molecule has 1 aliphatic carbocycles. The van der Waals surface area contributed by atoms with Crippen LogP contribution in [-0.4, -0.2) is 23.0 Å². The van der Waals surface area contributed by atoms with E-state index in [4.69, 9.17) is 9.52 Å². The molecule has 5 nitrogen and oxygen atoms in total. The van der Waals surface area contributed by atoms with Gasteiger partial charge >= 0.3 is 5.97 Å². The Kier molecular flexibility index (Phi) is 3.17. The van der Waals surface area contributed by atoms with Gasteiger partial charge in [0.2, 0.25) is 5.76 Å². The van der Waals surface area contributed by atoms with E-state index in [0.717, 1.165) is 19.3 Å². The maximum Gasteiger partial charge on any atom is 0.371 e. The first-order valence-corrected chi connectivity index (χ1v) is 5.70. The lowest BCUT2D eigenvalue weighted by Gasteiger charge is -2.10. The van der Waals surface area contributed by atoms with Gasteiger partial charge in [-0.1, -0.05) is 6.92 Å². The molecule has 0 saturated heterocycles. The highest BCUT2D eigenvalue weighted by molar-refractivity contribution is 5.93. The smallest absolute Gasteiger partial charge is 0.371 e. The monoisotopic (exact) mass is 237 g/mol. The lowest BCUT2D eigenvalue weighted by molar-refractivity contribution is 0.0659. The predicted molar refractivity (Wildman–Crippen MR) is 59.9 cm³/mol. The molecule has 1 aliphatic rings. The third-order valence-electron chi connectivity index (χ3n) is 3.07. The lowest BCUT2D eigenvalue weighted by atomic mass is 10.1. The molecule has 0 aliphatic heterocycles. The molecule has 2 N–H and O–H groups in total. The van der Waals surface area contributed by atoms with Crippen LogP contribution in [0.4, 0.5) is 0 Å².